The molecule has 130 valence electrons. The molecule has 6 heteroatoms. The Kier molecular flexibility index (Phi) is 11.9. The third-order valence-corrected chi connectivity index (χ3v) is 3.55. The second kappa shape index (κ2) is 12.8. The van der Waals surface area contributed by atoms with Crippen LogP contribution in [0.15, 0.2) is 0 Å². The van der Waals surface area contributed by atoms with Gasteiger partial charge in [-0.3, -0.25) is 24.0 Å². The van der Waals surface area contributed by atoms with Crippen molar-refractivity contribution in [3.63, 3.8) is 0 Å². The van der Waals surface area contributed by atoms with Gasteiger partial charge in [0.25, 0.3) is 0 Å². The van der Waals surface area contributed by atoms with Gasteiger partial charge in [0.1, 0.15) is 28.9 Å². The minimum Gasteiger partial charge on any atom is -0.330 e. The molecule has 0 aromatic heterocycles. The van der Waals surface area contributed by atoms with E-state index < -0.39 is 0 Å². The third kappa shape index (κ3) is 12.5. The molecule has 0 unspecified atom stereocenters. The molecule has 0 aliphatic rings. The lowest BCUT2D eigenvalue weighted by Crippen LogP contribution is -2.11. The average molecular weight is 325 g/mol. The van der Waals surface area contributed by atoms with E-state index in [1.807, 2.05) is 0 Å². The summed E-state index contributed by atoms with van der Waals surface area (Å²) in [6, 6.07) is 0. The van der Waals surface area contributed by atoms with Crippen LogP contribution in [-0.2, 0) is 24.0 Å². The molecular weight excluding hydrogens is 298 g/mol. The largest absolute Gasteiger partial charge is 0.330 e. The van der Waals surface area contributed by atoms with Gasteiger partial charge in [0.2, 0.25) is 0 Å². The Hall–Kier alpha value is -1.69. The number of rotatable bonds is 15. The lowest BCUT2D eigenvalue weighted by Gasteiger charge is -2.02. The fourth-order valence-electron chi connectivity index (χ4n) is 1.95. The van der Waals surface area contributed by atoms with Gasteiger partial charge in [-0.15, -0.1) is 0 Å². The third-order valence-electron chi connectivity index (χ3n) is 3.55. The van der Waals surface area contributed by atoms with E-state index >= 15 is 0 Å². The summed E-state index contributed by atoms with van der Waals surface area (Å²) in [7, 11) is 0. The first-order valence-corrected chi connectivity index (χ1v) is 8.17. The van der Waals surface area contributed by atoms with E-state index in [9.17, 15) is 24.0 Å². The van der Waals surface area contributed by atoms with Crippen molar-refractivity contribution < 1.29 is 24.0 Å². The molecule has 0 spiro atoms. The Morgan fingerprint density at radius 3 is 1.04 bits per heavy atom. The van der Waals surface area contributed by atoms with Crippen LogP contribution in [0.1, 0.15) is 71.1 Å². The van der Waals surface area contributed by atoms with E-state index in [2.05, 4.69) is 0 Å². The second-order valence-electron chi connectivity index (χ2n) is 5.59. The zero-order chi connectivity index (χ0) is 17.7. The summed E-state index contributed by atoms with van der Waals surface area (Å²) in [5.74, 6) is -0.358. The number of nitrogens with two attached hydrogens (primary N) is 1. The molecule has 0 amide bonds. The normalized spacial score (nSPS) is 10.3. The van der Waals surface area contributed by atoms with Gasteiger partial charge in [-0.2, -0.15) is 0 Å². The number of carbonyl (C=O) groups is 5. The molecule has 0 radical (unpaired) electrons. The Morgan fingerprint density at radius 2 is 0.783 bits per heavy atom. The zero-order valence-electron chi connectivity index (χ0n) is 13.9. The van der Waals surface area contributed by atoms with Crippen LogP contribution in [0.4, 0.5) is 0 Å². The maximum atomic E-state index is 11.6. The van der Waals surface area contributed by atoms with Gasteiger partial charge in [-0.25, -0.2) is 0 Å². The monoisotopic (exact) mass is 325 g/mol. The van der Waals surface area contributed by atoms with Crippen molar-refractivity contribution in [2.24, 2.45) is 5.73 Å². The second-order valence-corrected chi connectivity index (χ2v) is 5.59. The maximum Gasteiger partial charge on any atom is 0.134 e. The molecule has 0 bridgehead atoms. The van der Waals surface area contributed by atoms with Crippen molar-refractivity contribution in [2.45, 2.75) is 71.1 Å². The number of Topliss-reactive ketones (excluding diaryl/α,β-unsaturated/α-hetero) is 5. The molecule has 0 fully saturated rings. The Morgan fingerprint density at radius 1 is 0.522 bits per heavy atom. The molecule has 0 aliphatic heterocycles. The first kappa shape index (κ1) is 21.3. The molecule has 23 heavy (non-hydrogen) atoms. The van der Waals surface area contributed by atoms with Crippen LogP contribution in [0.25, 0.3) is 0 Å². The average Bonchev–Trinajstić information content (AvgIpc) is 2.54. The van der Waals surface area contributed by atoms with Gasteiger partial charge in [0.15, 0.2) is 0 Å². The molecule has 0 heterocycles. The molecule has 0 aromatic rings. The smallest absolute Gasteiger partial charge is 0.134 e. The number of hydrogen-bond acceptors (Lipinski definition) is 6. The predicted molar refractivity (Wildman–Crippen MR) is 85.9 cm³/mol. The van der Waals surface area contributed by atoms with Crippen LogP contribution in [0.3, 0.4) is 0 Å². The molecule has 0 atom stereocenters. The molecule has 0 aliphatic carbocycles. The first-order chi connectivity index (χ1) is 10.9. The lowest BCUT2D eigenvalue weighted by molar-refractivity contribution is -0.127. The van der Waals surface area contributed by atoms with Crippen molar-refractivity contribution in [2.75, 3.05) is 6.54 Å². The summed E-state index contributed by atoms with van der Waals surface area (Å²) in [4.78, 5) is 57.1. The van der Waals surface area contributed by atoms with Crippen LogP contribution in [-0.4, -0.2) is 35.5 Å². The molecular formula is C17H27NO5. The van der Waals surface area contributed by atoms with Crippen molar-refractivity contribution in [1.82, 2.24) is 0 Å². The minimum atomic E-state index is -0.137. The summed E-state index contributed by atoms with van der Waals surface area (Å²) in [5.41, 5.74) is 5.24. The lowest BCUT2D eigenvalue weighted by atomic mass is 10.0. The number of carbonyl (C=O) groups excluding carboxylic acids is 5. The highest BCUT2D eigenvalue weighted by atomic mass is 16.1. The summed E-state index contributed by atoms with van der Waals surface area (Å²) >= 11 is 0. The van der Waals surface area contributed by atoms with E-state index in [-0.39, 0.29) is 93.2 Å². The van der Waals surface area contributed by atoms with E-state index in [0.717, 1.165) is 0 Å². The fourth-order valence-corrected chi connectivity index (χ4v) is 1.95. The summed E-state index contributed by atoms with van der Waals surface area (Å²) in [6.07, 6.45) is 1.87. The standard InChI is InChI=1S/C17H27NO5/c1-2-13(19)3-4-14(20)5-6-15(21)7-8-16(22)9-10-17(23)11-12-18/h2-12,18H2,1H3. The number of hydrogen-bond donors (Lipinski definition) is 1. The van der Waals surface area contributed by atoms with Crippen molar-refractivity contribution in [3.05, 3.63) is 0 Å². The summed E-state index contributed by atoms with van der Waals surface area (Å²) in [6.45, 7) is 2.03. The van der Waals surface area contributed by atoms with Crippen LogP contribution >= 0.6 is 0 Å². The predicted octanol–water partition coefficient (Wildman–Crippen LogP) is 1.71. The van der Waals surface area contributed by atoms with E-state index in [1.54, 1.807) is 6.92 Å². The maximum absolute atomic E-state index is 11.6. The Labute approximate surface area is 137 Å². The van der Waals surface area contributed by atoms with E-state index in [0.29, 0.717) is 6.42 Å². The molecule has 0 aromatic carbocycles. The van der Waals surface area contributed by atoms with Gasteiger partial charge in [0.05, 0.1) is 0 Å². The first-order valence-electron chi connectivity index (χ1n) is 8.17. The molecule has 6 nitrogen and oxygen atoms in total. The van der Waals surface area contributed by atoms with Gasteiger partial charge in [0, 0.05) is 64.2 Å². The quantitative estimate of drug-likeness (QED) is 0.490. The highest BCUT2D eigenvalue weighted by Gasteiger charge is 2.12. The Bertz CT molecular complexity index is 442. The fraction of sp³-hybridized carbons (Fsp3) is 0.706. The van der Waals surface area contributed by atoms with Crippen LogP contribution in [0.2, 0.25) is 0 Å². The SMILES string of the molecule is CCC(=O)CCC(=O)CCC(=O)CCC(=O)CCC(=O)CCN. The van der Waals surface area contributed by atoms with Crippen LogP contribution in [0.5, 0.6) is 0 Å². The Balaban J connectivity index is 3.77. The van der Waals surface area contributed by atoms with Gasteiger partial charge >= 0.3 is 0 Å². The zero-order valence-corrected chi connectivity index (χ0v) is 13.9. The van der Waals surface area contributed by atoms with E-state index in [1.165, 1.54) is 0 Å². The highest BCUT2D eigenvalue weighted by Crippen LogP contribution is 2.07. The minimum absolute atomic E-state index is 0.0412. The number of ketones is 5. The van der Waals surface area contributed by atoms with Gasteiger partial charge in [-0.05, 0) is 6.54 Å². The molecule has 2 N–H and O–H groups in total. The van der Waals surface area contributed by atoms with Crippen molar-refractivity contribution >= 4 is 28.9 Å². The molecule has 0 rings (SSSR count). The van der Waals surface area contributed by atoms with Crippen LogP contribution in [0, 0.1) is 0 Å². The van der Waals surface area contributed by atoms with Crippen LogP contribution < -0.4 is 5.73 Å². The summed E-state index contributed by atoms with van der Waals surface area (Å²) in [5, 5.41) is 0. The van der Waals surface area contributed by atoms with E-state index in [4.69, 9.17) is 5.73 Å². The molecule has 0 saturated carbocycles. The van der Waals surface area contributed by atoms with Gasteiger partial charge in [-0.1, -0.05) is 6.92 Å². The summed E-state index contributed by atoms with van der Waals surface area (Å²) < 4.78 is 0. The van der Waals surface area contributed by atoms with Crippen molar-refractivity contribution in [3.8, 4) is 0 Å². The van der Waals surface area contributed by atoms with Crippen molar-refractivity contribution in [1.29, 1.82) is 0 Å². The van der Waals surface area contributed by atoms with Gasteiger partial charge < -0.3 is 5.73 Å². The topological polar surface area (TPSA) is 111 Å². The highest BCUT2D eigenvalue weighted by molar-refractivity contribution is 5.91. The molecule has 0 saturated heterocycles.